The molecule has 4 bridgehead atoms. The molecule has 2 unspecified atom stereocenters. The molecule has 1 N–H and O–H groups in total. The molecule has 4 aliphatic rings. The van der Waals surface area contributed by atoms with Crippen molar-refractivity contribution in [2.24, 2.45) is 17.8 Å². The molecule has 2 atom stereocenters. The van der Waals surface area contributed by atoms with Crippen LogP contribution in [0.3, 0.4) is 0 Å². The summed E-state index contributed by atoms with van der Waals surface area (Å²) < 4.78 is 3.07. The van der Waals surface area contributed by atoms with Gasteiger partial charge in [0.05, 0.1) is 6.54 Å². The monoisotopic (exact) mass is 404 g/mol. The fourth-order valence-corrected chi connectivity index (χ4v) is 6.91. The molecule has 4 fully saturated rings. The van der Waals surface area contributed by atoms with Crippen molar-refractivity contribution in [3.05, 3.63) is 62.6 Å². The first-order valence-corrected chi connectivity index (χ1v) is 11.4. The van der Waals surface area contributed by atoms with Gasteiger partial charge in [-0.15, -0.1) is 0 Å². The second-order valence-electron chi connectivity index (χ2n) is 9.80. The molecular weight excluding hydrogens is 376 g/mol. The number of benzene rings is 1. The first kappa shape index (κ1) is 18.2. The molecule has 1 aromatic carbocycles. The Bertz CT molecular complexity index is 1220. The second kappa shape index (κ2) is 6.43. The van der Waals surface area contributed by atoms with Gasteiger partial charge in [-0.2, -0.15) is 0 Å². The van der Waals surface area contributed by atoms with Gasteiger partial charge in [0.25, 0.3) is 5.56 Å². The van der Waals surface area contributed by atoms with Crippen LogP contribution in [-0.4, -0.2) is 19.1 Å². The standard InChI is InChI=1S/C24H28N4O2/c1-2-8-27-21(29)19-20(28(23(27)30)14-15-6-4-3-5-7-15)26-22(25-19)24-12-16-9-17(13-24)11-18(24)10-16/h3-7,16-18H,2,8-14H2,1H3,(H,25,26). The van der Waals surface area contributed by atoms with E-state index < -0.39 is 0 Å². The van der Waals surface area contributed by atoms with Crippen molar-refractivity contribution in [2.75, 3.05) is 0 Å². The summed E-state index contributed by atoms with van der Waals surface area (Å²) >= 11 is 0. The number of hydrogen-bond acceptors (Lipinski definition) is 3. The summed E-state index contributed by atoms with van der Waals surface area (Å²) in [7, 11) is 0. The number of nitrogens with one attached hydrogen (secondary N) is 1. The molecule has 156 valence electrons. The third kappa shape index (κ3) is 2.45. The first-order valence-electron chi connectivity index (χ1n) is 11.4. The maximum Gasteiger partial charge on any atom is 0.333 e. The van der Waals surface area contributed by atoms with E-state index in [0.717, 1.165) is 29.6 Å². The molecular formula is C24H28N4O2. The van der Waals surface area contributed by atoms with Crippen molar-refractivity contribution < 1.29 is 0 Å². The Hall–Kier alpha value is -2.63. The lowest BCUT2D eigenvalue weighted by atomic mass is 9.75. The smallest absolute Gasteiger partial charge is 0.333 e. The van der Waals surface area contributed by atoms with E-state index in [1.54, 1.807) is 4.57 Å². The maximum absolute atomic E-state index is 13.3. The number of H-pyrrole nitrogens is 1. The van der Waals surface area contributed by atoms with Crippen molar-refractivity contribution in [2.45, 2.75) is 64.0 Å². The van der Waals surface area contributed by atoms with Crippen LogP contribution in [0.15, 0.2) is 39.9 Å². The van der Waals surface area contributed by atoms with Gasteiger partial charge in [-0.25, -0.2) is 9.78 Å². The third-order valence-electron chi connectivity index (χ3n) is 7.95. The van der Waals surface area contributed by atoms with Gasteiger partial charge < -0.3 is 4.98 Å². The predicted molar refractivity (Wildman–Crippen MR) is 116 cm³/mol. The molecule has 2 aromatic heterocycles. The molecule has 0 radical (unpaired) electrons. The van der Waals surface area contributed by atoms with E-state index in [2.05, 4.69) is 4.98 Å². The van der Waals surface area contributed by atoms with Gasteiger partial charge in [-0.05, 0) is 61.8 Å². The van der Waals surface area contributed by atoms with E-state index >= 15 is 0 Å². The summed E-state index contributed by atoms with van der Waals surface area (Å²) in [5.41, 5.74) is 1.65. The van der Waals surface area contributed by atoms with Crippen LogP contribution in [0.4, 0.5) is 0 Å². The lowest BCUT2D eigenvalue weighted by Gasteiger charge is -2.30. The zero-order valence-electron chi connectivity index (χ0n) is 17.4. The molecule has 6 nitrogen and oxygen atoms in total. The van der Waals surface area contributed by atoms with Crippen molar-refractivity contribution in [3.63, 3.8) is 0 Å². The fraction of sp³-hybridized carbons (Fsp3) is 0.542. The number of rotatable bonds is 5. The van der Waals surface area contributed by atoms with E-state index in [4.69, 9.17) is 4.98 Å². The van der Waals surface area contributed by atoms with Gasteiger partial charge in [0.15, 0.2) is 5.65 Å². The molecule has 30 heavy (non-hydrogen) atoms. The molecule has 6 heteroatoms. The van der Waals surface area contributed by atoms with E-state index in [9.17, 15) is 9.59 Å². The third-order valence-corrected chi connectivity index (χ3v) is 7.95. The molecule has 0 saturated heterocycles. The van der Waals surface area contributed by atoms with Crippen LogP contribution in [-0.2, 0) is 18.5 Å². The highest BCUT2D eigenvalue weighted by Gasteiger charge is 2.59. The molecule has 0 aliphatic heterocycles. The Morgan fingerprint density at radius 3 is 2.50 bits per heavy atom. The van der Waals surface area contributed by atoms with Gasteiger partial charge in [-0.3, -0.25) is 13.9 Å². The lowest BCUT2D eigenvalue weighted by molar-refractivity contribution is 0.262. The molecule has 7 rings (SSSR count). The van der Waals surface area contributed by atoms with Gasteiger partial charge in [0.1, 0.15) is 11.3 Å². The number of aromatic amines is 1. The summed E-state index contributed by atoms with van der Waals surface area (Å²) in [5.74, 6) is 3.24. The van der Waals surface area contributed by atoms with E-state index in [1.807, 2.05) is 37.3 Å². The van der Waals surface area contributed by atoms with Gasteiger partial charge >= 0.3 is 5.69 Å². The Morgan fingerprint density at radius 1 is 1.07 bits per heavy atom. The minimum absolute atomic E-state index is 0.0856. The van der Waals surface area contributed by atoms with Crippen LogP contribution in [0.2, 0.25) is 0 Å². The van der Waals surface area contributed by atoms with Crippen LogP contribution < -0.4 is 11.2 Å². The summed E-state index contributed by atoms with van der Waals surface area (Å²) in [4.78, 5) is 35.0. The highest BCUT2D eigenvalue weighted by molar-refractivity contribution is 5.70. The van der Waals surface area contributed by atoms with Gasteiger partial charge in [-0.1, -0.05) is 37.3 Å². The number of imidazole rings is 1. The molecule has 0 amide bonds. The minimum Gasteiger partial charge on any atom is -0.336 e. The Labute approximate surface area is 175 Å². The topological polar surface area (TPSA) is 72.7 Å². The van der Waals surface area contributed by atoms with E-state index in [-0.39, 0.29) is 16.7 Å². The fourth-order valence-electron chi connectivity index (χ4n) is 6.91. The van der Waals surface area contributed by atoms with Gasteiger partial charge in [0, 0.05) is 12.0 Å². The van der Waals surface area contributed by atoms with Crippen LogP contribution in [0.5, 0.6) is 0 Å². The lowest BCUT2D eigenvalue weighted by Crippen LogP contribution is -2.40. The summed E-state index contributed by atoms with van der Waals surface area (Å²) in [6.07, 6.45) is 7.05. The Morgan fingerprint density at radius 2 is 1.80 bits per heavy atom. The average Bonchev–Trinajstić information content (AvgIpc) is 3.37. The van der Waals surface area contributed by atoms with Crippen molar-refractivity contribution >= 4 is 11.2 Å². The number of fused-ring (bicyclic) bond motifs is 1. The van der Waals surface area contributed by atoms with Crippen LogP contribution in [0.1, 0.15) is 56.8 Å². The molecule has 0 spiro atoms. The maximum atomic E-state index is 13.3. The van der Waals surface area contributed by atoms with Gasteiger partial charge in [0.2, 0.25) is 0 Å². The second-order valence-corrected chi connectivity index (χ2v) is 9.80. The van der Waals surface area contributed by atoms with Crippen molar-refractivity contribution in [1.82, 2.24) is 19.1 Å². The number of aromatic nitrogens is 4. The van der Waals surface area contributed by atoms with Crippen molar-refractivity contribution in [1.29, 1.82) is 0 Å². The highest BCUT2D eigenvalue weighted by atomic mass is 16.2. The molecule has 4 saturated carbocycles. The van der Waals surface area contributed by atoms with Crippen LogP contribution in [0.25, 0.3) is 11.2 Å². The normalized spacial score (nSPS) is 29.3. The Balaban J connectivity index is 1.56. The first-order chi connectivity index (χ1) is 14.6. The van der Waals surface area contributed by atoms with E-state index in [1.165, 1.54) is 36.7 Å². The minimum atomic E-state index is -0.258. The Kier molecular flexibility index (Phi) is 3.89. The predicted octanol–water partition coefficient (Wildman–Crippen LogP) is 3.42. The van der Waals surface area contributed by atoms with Crippen LogP contribution >= 0.6 is 0 Å². The van der Waals surface area contributed by atoms with Crippen LogP contribution in [0, 0.1) is 17.8 Å². The quantitative estimate of drug-likeness (QED) is 0.708. The van der Waals surface area contributed by atoms with E-state index in [0.29, 0.717) is 30.2 Å². The molecule has 3 aromatic rings. The largest absolute Gasteiger partial charge is 0.336 e. The zero-order chi connectivity index (χ0) is 20.5. The molecule has 2 heterocycles. The summed E-state index contributed by atoms with van der Waals surface area (Å²) in [5, 5.41) is 0. The summed E-state index contributed by atoms with van der Waals surface area (Å²) in [6, 6.07) is 9.94. The number of nitrogens with zero attached hydrogens (tertiary/aromatic N) is 3. The molecule has 4 aliphatic carbocycles. The average molecular weight is 405 g/mol. The highest BCUT2D eigenvalue weighted by Crippen LogP contribution is 2.65. The SMILES string of the molecule is CCCn1c(=O)c2[nH]c(C34CC5CC(CC3C5)C4)nc2n(Cc2ccccc2)c1=O. The van der Waals surface area contributed by atoms with Crippen molar-refractivity contribution in [3.8, 4) is 0 Å². The number of hydrogen-bond donors (Lipinski definition) is 1. The summed E-state index contributed by atoms with van der Waals surface area (Å²) in [6.45, 7) is 2.84. The zero-order valence-corrected chi connectivity index (χ0v) is 17.4.